The fourth-order valence-corrected chi connectivity index (χ4v) is 8.18. The maximum atomic E-state index is 14.6. The molecule has 46 heavy (non-hydrogen) atoms. The quantitative estimate of drug-likeness (QED) is 0.227. The van der Waals surface area contributed by atoms with E-state index in [0.29, 0.717) is 18.3 Å². The second-order valence-electron chi connectivity index (χ2n) is 14.6. The Bertz CT molecular complexity index is 1450. The minimum absolute atomic E-state index is 0.00381. The van der Waals surface area contributed by atoms with E-state index in [4.69, 9.17) is 14.0 Å². The molecule has 6 atom stereocenters. The van der Waals surface area contributed by atoms with Gasteiger partial charge in [0.25, 0.3) is 0 Å². The number of benzene rings is 3. The van der Waals surface area contributed by atoms with Gasteiger partial charge in [-0.3, -0.25) is 4.79 Å². The van der Waals surface area contributed by atoms with Crippen LogP contribution in [0.4, 0.5) is 4.79 Å². The molecule has 2 N–H and O–H groups in total. The number of carbonyl (C=O) groups is 2. The second-order valence-corrected chi connectivity index (χ2v) is 14.6. The zero-order valence-electron chi connectivity index (χ0n) is 27.6. The van der Waals surface area contributed by atoms with Crippen LogP contribution in [-0.2, 0) is 25.4 Å². The van der Waals surface area contributed by atoms with Crippen LogP contribution in [0.3, 0.4) is 0 Å². The van der Waals surface area contributed by atoms with Gasteiger partial charge in [0.15, 0.2) is 0 Å². The third-order valence-corrected chi connectivity index (χ3v) is 10.8. The summed E-state index contributed by atoms with van der Waals surface area (Å²) in [6, 6.07) is 28.2. The van der Waals surface area contributed by atoms with Crippen LogP contribution in [0.25, 0.3) is 0 Å². The Hall–Kier alpha value is -3.62. The number of carbonyl (C=O) groups excluding carboxylic acids is 2. The molecule has 0 radical (unpaired) electrons. The first-order valence-electron chi connectivity index (χ1n) is 16.8. The Morgan fingerprint density at radius 2 is 1.46 bits per heavy atom. The van der Waals surface area contributed by atoms with E-state index in [9.17, 15) is 9.59 Å². The van der Waals surface area contributed by atoms with E-state index in [2.05, 4.69) is 45.3 Å². The zero-order valence-corrected chi connectivity index (χ0v) is 27.6. The molecule has 0 unspecified atom stereocenters. The van der Waals surface area contributed by atoms with Crippen molar-refractivity contribution in [2.75, 3.05) is 0 Å². The van der Waals surface area contributed by atoms with Gasteiger partial charge in [-0.1, -0.05) is 119 Å². The average molecular weight is 623 g/mol. The monoisotopic (exact) mass is 622 g/mol. The number of amides is 2. The molecule has 3 aromatic rings. The Kier molecular flexibility index (Phi) is 9.31. The smallest absolute Gasteiger partial charge is 0.445 e. The summed E-state index contributed by atoms with van der Waals surface area (Å²) in [5.41, 5.74) is 2.51. The summed E-state index contributed by atoms with van der Waals surface area (Å²) in [5, 5.41) is 6.27. The number of rotatable bonds is 11. The molecule has 3 aromatic carbocycles. The van der Waals surface area contributed by atoms with Crippen molar-refractivity contribution in [3.63, 3.8) is 0 Å². The Morgan fingerprint density at radius 1 is 0.870 bits per heavy atom. The number of alkyl carbamates (subject to hydrolysis) is 1. The summed E-state index contributed by atoms with van der Waals surface area (Å²) < 4.78 is 19.1. The molecule has 1 aliphatic heterocycles. The van der Waals surface area contributed by atoms with E-state index >= 15 is 0 Å². The third kappa shape index (κ3) is 6.47. The first-order chi connectivity index (χ1) is 22.1. The molecule has 0 aromatic heterocycles. The van der Waals surface area contributed by atoms with E-state index in [1.54, 1.807) is 0 Å². The lowest BCUT2D eigenvalue weighted by molar-refractivity contribution is -0.199. The van der Waals surface area contributed by atoms with Crippen LogP contribution >= 0.6 is 0 Å². The van der Waals surface area contributed by atoms with Crippen LogP contribution < -0.4 is 10.6 Å². The molecule has 4 fully saturated rings. The third-order valence-electron chi connectivity index (χ3n) is 10.8. The molecular weight excluding hydrogens is 575 g/mol. The van der Waals surface area contributed by atoms with Gasteiger partial charge in [0.1, 0.15) is 12.6 Å². The van der Waals surface area contributed by atoms with Gasteiger partial charge in [-0.15, -0.1) is 0 Å². The van der Waals surface area contributed by atoms with Crippen molar-refractivity contribution in [1.82, 2.24) is 10.6 Å². The maximum absolute atomic E-state index is 14.6. The summed E-state index contributed by atoms with van der Waals surface area (Å²) in [4.78, 5) is 27.9. The summed E-state index contributed by atoms with van der Waals surface area (Å²) in [6.45, 7) is 11.3. The first kappa shape index (κ1) is 32.3. The predicted octanol–water partition coefficient (Wildman–Crippen LogP) is 6.91. The van der Waals surface area contributed by atoms with E-state index < -0.39 is 36.7 Å². The molecule has 1 saturated heterocycles. The highest BCUT2D eigenvalue weighted by molar-refractivity contribution is 6.48. The molecule has 242 valence electrons. The Balaban J connectivity index is 1.28. The average Bonchev–Trinajstić information content (AvgIpc) is 3.42. The van der Waals surface area contributed by atoms with Crippen LogP contribution in [0, 0.1) is 23.2 Å². The molecule has 3 saturated carbocycles. The molecule has 8 heteroatoms. The number of nitrogens with one attached hydrogen (secondary N) is 2. The Morgan fingerprint density at radius 3 is 2.02 bits per heavy atom. The molecule has 7 nitrogen and oxygen atoms in total. The van der Waals surface area contributed by atoms with Gasteiger partial charge in [0.2, 0.25) is 5.91 Å². The van der Waals surface area contributed by atoms with E-state index in [-0.39, 0.29) is 30.0 Å². The van der Waals surface area contributed by atoms with Gasteiger partial charge < -0.3 is 24.7 Å². The lowest BCUT2D eigenvalue weighted by atomic mass is 9.43. The van der Waals surface area contributed by atoms with Gasteiger partial charge in [0.05, 0.1) is 17.6 Å². The fourth-order valence-electron chi connectivity index (χ4n) is 8.18. The predicted molar refractivity (Wildman–Crippen MR) is 180 cm³/mol. The standard InChI is InChI=1S/C38H47BN2O5/c1-25(2)21-32(39-45-31-23-29-22-30(37(29,3)4)38(31,5)46-39)40-35(42)34(41-36(43)44-24-26-15-9-6-10-16-26)33(27-17-11-7-12-18-27)28-19-13-8-14-20-28/h6-20,25,29-34H,21-24H2,1-5H3,(H,40,42)(H,41,43)/t29-,30-,31+,32-,34-,38-/m0/s1. The number of hydrogen-bond donors (Lipinski definition) is 2. The van der Waals surface area contributed by atoms with Crippen LogP contribution in [0.1, 0.15) is 76.5 Å². The molecule has 2 amide bonds. The topological polar surface area (TPSA) is 85.9 Å². The molecule has 2 bridgehead atoms. The first-order valence-corrected chi connectivity index (χ1v) is 16.8. The molecular formula is C38H47BN2O5. The van der Waals surface area contributed by atoms with Crippen molar-refractivity contribution in [2.45, 2.75) is 90.1 Å². The normalized spacial score (nSPS) is 25.7. The van der Waals surface area contributed by atoms with Crippen molar-refractivity contribution in [2.24, 2.45) is 23.2 Å². The Labute approximate surface area is 273 Å². The highest BCUT2D eigenvalue weighted by atomic mass is 16.7. The fraction of sp³-hybridized carbons (Fsp3) is 0.474. The minimum atomic E-state index is -0.964. The van der Waals surface area contributed by atoms with Gasteiger partial charge in [-0.25, -0.2) is 4.79 Å². The lowest BCUT2D eigenvalue weighted by Gasteiger charge is -2.64. The molecule has 4 aliphatic rings. The van der Waals surface area contributed by atoms with Crippen molar-refractivity contribution in [3.05, 3.63) is 108 Å². The van der Waals surface area contributed by atoms with Crippen molar-refractivity contribution in [1.29, 1.82) is 0 Å². The lowest BCUT2D eigenvalue weighted by Crippen LogP contribution is -2.65. The highest BCUT2D eigenvalue weighted by Crippen LogP contribution is 2.65. The van der Waals surface area contributed by atoms with Crippen LogP contribution in [-0.4, -0.2) is 42.8 Å². The molecule has 7 rings (SSSR count). The highest BCUT2D eigenvalue weighted by Gasteiger charge is 2.68. The SMILES string of the molecule is CC(C)C[C@H](NC(=O)[C@@H](NC(=O)OCc1ccccc1)C(c1ccccc1)c1ccccc1)B1O[C@@H]2C[C@@H]3C[C@@H](C3(C)C)[C@]2(C)O1. The van der Waals surface area contributed by atoms with Crippen LogP contribution in [0.15, 0.2) is 91.0 Å². The van der Waals surface area contributed by atoms with Gasteiger partial charge in [-0.2, -0.15) is 0 Å². The van der Waals surface area contributed by atoms with E-state index in [1.165, 1.54) is 0 Å². The molecule has 3 aliphatic carbocycles. The van der Waals surface area contributed by atoms with E-state index in [0.717, 1.165) is 29.5 Å². The van der Waals surface area contributed by atoms with Gasteiger partial charge in [0, 0.05) is 5.92 Å². The number of hydrogen-bond acceptors (Lipinski definition) is 5. The molecule has 1 heterocycles. The maximum Gasteiger partial charge on any atom is 0.481 e. The minimum Gasteiger partial charge on any atom is -0.445 e. The second kappa shape index (κ2) is 13.2. The summed E-state index contributed by atoms with van der Waals surface area (Å²) >= 11 is 0. The number of ether oxygens (including phenoxy) is 1. The van der Waals surface area contributed by atoms with E-state index in [1.807, 2.05) is 91.0 Å². The zero-order chi connectivity index (χ0) is 32.5. The summed E-state index contributed by atoms with van der Waals surface area (Å²) in [6.07, 6.45) is 2.15. The van der Waals surface area contributed by atoms with Gasteiger partial charge >= 0.3 is 13.2 Å². The van der Waals surface area contributed by atoms with Crippen LogP contribution in [0.2, 0.25) is 0 Å². The van der Waals surface area contributed by atoms with Crippen molar-refractivity contribution >= 4 is 19.1 Å². The summed E-state index contributed by atoms with van der Waals surface area (Å²) in [5.74, 6) is 0.149. The molecule has 0 spiro atoms. The van der Waals surface area contributed by atoms with Crippen molar-refractivity contribution in [3.8, 4) is 0 Å². The van der Waals surface area contributed by atoms with Crippen LogP contribution in [0.5, 0.6) is 0 Å². The summed E-state index contributed by atoms with van der Waals surface area (Å²) in [7, 11) is -0.575. The largest absolute Gasteiger partial charge is 0.481 e. The van der Waals surface area contributed by atoms with Crippen molar-refractivity contribution < 1.29 is 23.6 Å². The van der Waals surface area contributed by atoms with Gasteiger partial charge in [-0.05, 0) is 66.0 Å².